The SMILES string of the molecule is NNc1cc([N+](=O)[O-])cc(Oc2cccc(I)c2)n1. The van der Waals surface area contributed by atoms with Gasteiger partial charge in [-0.2, -0.15) is 4.98 Å². The van der Waals surface area contributed by atoms with Crippen LogP contribution in [0.2, 0.25) is 0 Å². The summed E-state index contributed by atoms with van der Waals surface area (Å²) in [6.45, 7) is 0. The van der Waals surface area contributed by atoms with Gasteiger partial charge in [-0.15, -0.1) is 0 Å². The van der Waals surface area contributed by atoms with Crippen molar-refractivity contribution >= 4 is 34.1 Å². The van der Waals surface area contributed by atoms with Crippen LogP contribution in [0, 0.1) is 13.7 Å². The van der Waals surface area contributed by atoms with Gasteiger partial charge in [-0.05, 0) is 40.8 Å². The summed E-state index contributed by atoms with van der Waals surface area (Å²) in [7, 11) is 0. The predicted molar refractivity (Wildman–Crippen MR) is 77.9 cm³/mol. The van der Waals surface area contributed by atoms with Crippen molar-refractivity contribution in [3.8, 4) is 11.6 Å². The Morgan fingerprint density at radius 1 is 1.37 bits per heavy atom. The van der Waals surface area contributed by atoms with Gasteiger partial charge in [0.15, 0.2) is 5.82 Å². The highest BCUT2D eigenvalue weighted by atomic mass is 127. The molecule has 0 aliphatic heterocycles. The summed E-state index contributed by atoms with van der Waals surface area (Å²) in [5, 5.41) is 10.8. The van der Waals surface area contributed by atoms with E-state index in [1.165, 1.54) is 12.1 Å². The van der Waals surface area contributed by atoms with E-state index in [1.807, 2.05) is 12.1 Å². The van der Waals surface area contributed by atoms with E-state index in [4.69, 9.17) is 10.6 Å². The number of nitrogen functional groups attached to an aromatic ring is 1. The predicted octanol–water partition coefficient (Wildman–Crippen LogP) is 2.67. The lowest BCUT2D eigenvalue weighted by Crippen LogP contribution is -2.09. The molecule has 0 aliphatic rings. The molecule has 0 saturated carbocycles. The second kappa shape index (κ2) is 5.80. The number of hydrogen-bond donors (Lipinski definition) is 2. The number of halogens is 1. The van der Waals surface area contributed by atoms with Gasteiger partial charge in [-0.1, -0.05) is 6.07 Å². The third-order valence-electron chi connectivity index (χ3n) is 2.16. The number of nitro groups is 1. The second-order valence-corrected chi connectivity index (χ2v) is 4.76. The Morgan fingerprint density at radius 2 is 2.16 bits per heavy atom. The second-order valence-electron chi connectivity index (χ2n) is 3.51. The Balaban J connectivity index is 2.34. The topological polar surface area (TPSA) is 103 Å². The Kier molecular flexibility index (Phi) is 4.12. The minimum atomic E-state index is -0.538. The van der Waals surface area contributed by atoms with Crippen molar-refractivity contribution in [3.63, 3.8) is 0 Å². The average molecular weight is 372 g/mol. The van der Waals surface area contributed by atoms with Crippen LogP contribution in [0.1, 0.15) is 0 Å². The summed E-state index contributed by atoms with van der Waals surface area (Å²) in [5.41, 5.74) is 2.11. The molecule has 1 aromatic heterocycles. The maximum atomic E-state index is 10.8. The normalized spacial score (nSPS) is 10.0. The van der Waals surface area contributed by atoms with Crippen LogP contribution in [0.15, 0.2) is 36.4 Å². The van der Waals surface area contributed by atoms with E-state index in [9.17, 15) is 10.1 Å². The van der Waals surface area contributed by atoms with Crippen molar-refractivity contribution < 1.29 is 9.66 Å². The summed E-state index contributed by atoms with van der Waals surface area (Å²) < 4.78 is 6.46. The molecule has 8 heteroatoms. The molecule has 2 aromatic rings. The van der Waals surface area contributed by atoms with E-state index in [0.717, 1.165) is 3.57 Å². The van der Waals surface area contributed by atoms with Gasteiger partial charge in [0.2, 0.25) is 5.88 Å². The number of benzene rings is 1. The van der Waals surface area contributed by atoms with Crippen LogP contribution < -0.4 is 16.0 Å². The van der Waals surface area contributed by atoms with Gasteiger partial charge in [0, 0.05) is 3.57 Å². The first-order chi connectivity index (χ1) is 9.08. The van der Waals surface area contributed by atoms with Gasteiger partial charge in [0.05, 0.1) is 17.1 Å². The fourth-order valence-corrected chi connectivity index (χ4v) is 1.89. The first-order valence-corrected chi connectivity index (χ1v) is 6.23. The van der Waals surface area contributed by atoms with Crippen LogP contribution >= 0.6 is 22.6 Å². The number of nitrogens with two attached hydrogens (primary N) is 1. The Hall–Kier alpha value is -1.94. The molecule has 98 valence electrons. The van der Waals surface area contributed by atoms with E-state index >= 15 is 0 Å². The standard InChI is InChI=1S/C11H9IN4O3/c12-7-2-1-3-9(4-7)19-11-6-8(16(17)18)5-10(14-11)15-13/h1-6H,13H2,(H,14,15). The van der Waals surface area contributed by atoms with Crippen LogP contribution in [0.25, 0.3) is 0 Å². The van der Waals surface area contributed by atoms with Crippen molar-refractivity contribution in [1.29, 1.82) is 0 Å². The van der Waals surface area contributed by atoms with Crippen molar-refractivity contribution in [2.45, 2.75) is 0 Å². The maximum Gasteiger partial charge on any atom is 0.278 e. The van der Waals surface area contributed by atoms with Gasteiger partial charge in [-0.25, -0.2) is 5.84 Å². The van der Waals surface area contributed by atoms with Crippen molar-refractivity contribution in [3.05, 3.63) is 50.1 Å². The number of anilines is 1. The third-order valence-corrected chi connectivity index (χ3v) is 2.83. The fraction of sp³-hybridized carbons (Fsp3) is 0. The third kappa shape index (κ3) is 3.51. The molecule has 0 aliphatic carbocycles. The van der Waals surface area contributed by atoms with Crippen LogP contribution in [-0.4, -0.2) is 9.91 Å². The number of hydrogen-bond acceptors (Lipinski definition) is 6. The zero-order chi connectivity index (χ0) is 13.8. The zero-order valence-corrected chi connectivity index (χ0v) is 11.7. The molecular formula is C11H9IN4O3. The number of pyridine rings is 1. The number of nitrogens with one attached hydrogen (secondary N) is 1. The first-order valence-electron chi connectivity index (χ1n) is 5.15. The van der Waals surface area contributed by atoms with Crippen LogP contribution in [-0.2, 0) is 0 Å². The number of nitrogens with zero attached hydrogens (tertiary/aromatic N) is 2. The molecule has 0 bridgehead atoms. The molecular weight excluding hydrogens is 363 g/mol. The first kappa shape index (κ1) is 13.5. The Labute approximate surface area is 122 Å². The summed E-state index contributed by atoms with van der Waals surface area (Å²) in [6, 6.07) is 9.70. The molecule has 0 atom stereocenters. The number of aromatic nitrogens is 1. The van der Waals surface area contributed by atoms with Gasteiger partial charge in [-0.3, -0.25) is 10.1 Å². The van der Waals surface area contributed by atoms with Gasteiger partial charge in [0.25, 0.3) is 5.69 Å². The number of rotatable bonds is 4. The van der Waals surface area contributed by atoms with E-state index < -0.39 is 4.92 Å². The molecule has 0 radical (unpaired) electrons. The largest absolute Gasteiger partial charge is 0.439 e. The monoisotopic (exact) mass is 372 g/mol. The van der Waals surface area contributed by atoms with Crippen molar-refractivity contribution in [2.24, 2.45) is 5.84 Å². The van der Waals surface area contributed by atoms with Crippen molar-refractivity contribution in [2.75, 3.05) is 5.43 Å². The molecule has 0 unspecified atom stereocenters. The highest BCUT2D eigenvalue weighted by Crippen LogP contribution is 2.26. The molecule has 0 fully saturated rings. The lowest BCUT2D eigenvalue weighted by atomic mass is 10.3. The molecule has 1 heterocycles. The quantitative estimate of drug-likeness (QED) is 0.370. The summed E-state index contributed by atoms with van der Waals surface area (Å²) in [5.74, 6) is 6.02. The maximum absolute atomic E-state index is 10.8. The summed E-state index contributed by atoms with van der Waals surface area (Å²) in [6.07, 6.45) is 0. The van der Waals surface area contributed by atoms with E-state index in [2.05, 4.69) is 33.0 Å². The smallest absolute Gasteiger partial charge is 0.278 e. The van der Waals surface area contributed by atoms with Crippen molar-refractivity contribution in [1.82, 2.24) is 4.98 Å². The molecule has 7 nitrogen and oxygen atoms in total. The minimum Gasteiger partial charge on any atom is -0.439 e. The molecule has 3 N–H and O–H groups in total. The van der Waals surface area contributed by atoms with E-state index in [1.54, 1.807) is 12.1 Å². The van der Waals surface area contributed by atoms with E-state index in [-0.39, 0.29) is 17.4 Å². The Bertz CT molecular complexity index is 621. The summed E-state index contributed by atoms with van der Waals surface area (Å²) in [4.78, 5) is 14.2. The highest BCUT2D eigenvalue weighted by Gasteiger charge is 2.12. The molecule has 19 heavy (non-hydrogen) atoms. The molecule has 1 aromatic carbocycles. The number of ether oxygens (including phenoxy) is 1. The van der Waals surface area contributed by atoms with Gasteiger partial charge < -0.3 is 10.2 Å². The average Bonchev–Trinajstić information content (AvgIpc) is 2.38. The molecule has 0 spiro atoms. The van der Waals surface area contributed by atoms with Gasteiger partial charge >= 0.3 is 0 Å². The molecule has 0 saturated heterocycles. The van der Waals surface area contributed by atoms with Crippen LogP contribution in [0.3, 0.4) is 0 Å². The van der Waals surface area contributed by atoms with Gasteiger partial charge in [0.1, 0.15) is 5.75 Å². The number of hydrazine groups is 1. The lowest BCUT2D eigenvalue weighted by molar-refractivity contribution is -0.384. The molecule has 0 amide bonds. The minimum absolute atomic E-state index is 0.101. The highest BCUT2D eigenvalue weighted by molar-refractivity contribution is 14.1. The fourth-order valence-electron chi connectivity index (χ4n) is 1.37. The summed E-state index contributed by atoms with van der Waals surface area (Å²) >= 11 is 2.14. The van der Waals surface area contributed by atoms with E-state index in [0.29, 0.717) is 5.75 Å². The molecule has 2 rings (SSSR count). The van der Waals surface area contributed by atoms with Crippen LogP contribution in [0.5, 0.6) is 11.6 Å². The zero-order valence-electron chi connectivity index (χ0n) is 9.54. The lowest BCUT2D eigenvalue weighted by Gasteiger charge is -2.06. The van der Waals surface area contributed by atoms with Crippen LogP contribution in [0.4, 0.5) is 11.5 Å². The Morgan fingerprint density at radius 3 is 2.79 bits per heavy atom.